The molecule has 1 saturated heterocycles. The highest BCUT2D eigenvalue weighted by Gasteiger charge is 2.27. The number of thiazole rings is 1. The van der Waals surface area contributed by atoms with Crippen LogP contribution in [0.15, 0.2) is 71.4 Å². The van der Waals surface area contributed by atoms with Crippen molar-refractivity contribution in [2.75, 3.05) is 32.8 Å². The van der Waals surface area contributed by atoms with E-state index in [1.54, 1.807) is 17.6 Å². The first-order valence-electron chi connectivity index (χ1n) is 13.1. The number of benzene rings is 3. The molecule has 2 atom stereocenters. The minimum Gasteiger partial charge on any atom is -0.491 e. The largest absolute Gasteiger partial charge is 0.491 e. The van der Waals surface area contributed by atoms with Gasteiger partial charge in [-0.3, -0.25) is 9.80 Å². The highest BCUT2D eigenvalue weighted by atomic mass is 32.1. The molecule has 8 heteroatoms. The molecule has 0 spiro atoms. The predicted octanol–water partition coefficient (Wildman–Crippen LogP) is 5.36. The minimum absolute atomic E-state index is 0.260. The van der Waals surface area contributed by atoms with Crippen molar-refractivity contribution in [1.82, 2.24) is 19.9 Å². The van der Waals surface area contributed by atoms with E-state index in [9.17, 15) is 5.11 Å². The third kappa shape index (κ3) is 5.31. The van der Waals surface area contributed by atoms with E-state index in [-0.39, 0.29) is 6.61 Å². The maximum absolute atomic E-state index is 10.7. The average molecular weight is 529 g/mol. The van der Waals surface area contributed by atoms with Gasteiger partial charge in [0.15, 0.2) is 0 Å². The molecule has 196 valence electrons. The van der Waals surface area contributed by atoms with Crippen LogP contribution in [0.25, 0.3) is 32.1 Å². The van der Waals surface area contributed by atoms with E-state index in [1.807, 2.05) is 25.1 Å². The summed E-state index contributed by atoms with van der Waals surface area (Å²) in [5, 5.41) is 18.5. The van der Waals surface area contributed by atoms with Crippen LogP contribution in [0.5, 0.6) is 5.75 Å². The first-order valence-corrected chi connectivity index (χ1v) is 13.9. The van der Waals surface area contributed by atoms with Crippen LogP contribution >= 0.6 is 11.3 Å². The zero-order valence-electron chi connectivity index (χ0n) is 21.7. The van der Waals surface area contributed by atoms with Gasteiger partial charge in [0.05, 0.1) is 15.2 Å². The molecular weight excluding hydrogens is 496 g/mol. The molecule has 3 heterocycles. The van der Waals surface area contributed by atoms with Crippen molar-refractivity contribution < 1.29 is 14.4 Å². The van der Waals surface area contributed by atoms with Gasteiger partial charge in [-0.25, -0.2) is 4.98 Å². The molecule has 0 amide bonds. The molecule has 6 rings (SSSR count). The molecule has 0 aliphatic carbocycles. The lowest BCUT2D eigenvalue weighted by Gasteiger charge is -2.40. The van der Waals surface area contributed by atoms with Crippen LogP contribution in [-0.4, -0.2) is 70.0 Å². The van der Waals surface area contributed by atoms with E-state index >= 15 is 0 Å². The van der Waals surface area contributed by atoms with Crippen molar-refractivity contribution in [2.24, 2.45) is 0 Å². The average Bonchev–Trinajstić information content (AvgIpc) is 3.53. The number of ether oxygens (including phenoxy) is 1. The number of aliphatic hydroxyl groups is 1. The van der Waals surface area contributed by atoms with Crippen molar-refractivity contribution in [3.05, 3.63) is 77.6 Å². The van der Waals surface area contributed by atoms with E-state index in [1.165, 1.54) is 10.8 Å². The van der Waals surface area contributed by atoms with Crippen molar-refractivity contribution in [3.8, 4) is 16.9 Å². The number of aryl methyl sites for hydroxylation is 1. The highest BCUT2D eigenvalue weighted by Crippen LogP contribution is 2.32. The first-order chi connectivity index (χ1) is 18.5. The fraction of sp³-hybridized carbons (Fsp3) is 0.333. The number of β-amino-alcohol motifs (C(OH)–C–C–N with tert-alkyl or cyclic N) is 1. The third-order valence-corrected chi connectivity index (χ3v) is 8.26. The summed E-state index contributed by atoms with van der Waals surface area (Å²) in [7, 11) is 0. The molecule has 1 fully saturated rings. The van der Waals surface area contributed by atoms with Crippen LogP contribution < -0.4 is 4.74 Å². The van der Waals surface area contributed by atoms with E-state index in [0.717, 1.165) is 64.0 Å². The van der Waals surface area contributed by atoms with Gasteiger partial charge < -0.3 is 14.4 Å². The Bertz CT molecular complexity index is 1540. The normalized spacial score (nSPS) is 17.8. The number of piperazine rings is 1. The Kier molecular flexibility index (Phi) is 7.12. The molecule has 7 nitrogen and oxygen atoms in total. The number of hydrogen-bond donors (Lipinski definition) is 1. The standard InChI is InChI=1S/C30H32N4O3S/c1-20-15-33(16-23(35)18-36-24-10-11-30-28(14-24)31-21(2)38-30)12-13-34(20)17-29-27(19-37-32-29)26-9-5-7-22-6-3-4-8-25(22)26/h3-11,14,19-20,23,35H,12-13,15-18H2,1-2H3/t20-,23-/m0/s1. The Hall–Kier alpha value is -3.30. The summed E-state index contributed by atoms with van der Waals surface area (Å²) in [5.74, 6) is 0.745. The lowest BCUT2D eigenvalue weighted by Crippen LogP contribution is -2.53. The summed E-state index contributed by atoms with van der Waals surface area (Å²) < 4.78 is 12.5. The van der Waals surface area contributed by atoms with Crippen molar-refractivity contribution in [3.63, 3.8) is 0 Å². The molecule has 0 radical (unpaired) electrons. The fourth-order valence-electron chi connectivity index (χ4n) is 5.37. The lowest BCUT2D eigenvalue weighted by atomic mass is 9.98. The van der Waals surface area contributed by atoms with Crippen LogP contribution in [0, 0.1) is 6.92 Å². The molecule has 2 aromatic heterocycles. The summed E-state index contributed by atoms with van der Waals surface area (Å²) >= 11 is 1.67. The maximum Gasteiger partial charge on any atom is 0.132 e. The van der Waals surface area contributed by atoms with Gasteiger partial charge in [-0.15, -0.1) is 11.3 Å². The van der Waals surface area contributed by atoms with Gasteiger partial charge in [-0.05, 0) is 42.3 Å². The smallest absolute Gasteiger partial charge is 0.132 e. The summed E-state index contributed by atoms with van der Waals surface area (Å²) in [4.78, 5) is 9.28. The summed E-state index contributed by atoms with van der Waals surface area (Å²) in [5.41, 5.74) is 4.11. The number of hydrogen-bond acceptors (Lipinski definition) is 8. The molecule has 38 heavy (non-hydrogen) atoms. The minimum atomic E-state index is -0.560. The number of nitrogens with zero attached hydrogens (tertiary/aromatic N) is 4. The highest BCUT2D eigenvalue weighted by molar-refractivity contribution is 7.18. The molecule has 0 bridgehead atoms. The van der Waals surface area contributed by atoms with Gasteiger partial charge in [0.2, 0.25) is 0 Å². The van der Waals surface area contributed by atoms with Crippen LogP contribution in [-0.2, 0) is 6.54 Å². The first kappa shape index (κ1) is 25.0. The van der Waals surface area contributed by atoms with Crippen LogP contribution in [0.4, 0.5) is 0 Å². The van der Waals surface area contributed by atoms with Crippen LogP contribution in [0.2, 0.25) is 0 Å². The molecule has 0 saturated carbocycles. The second-order valence-electron chi connectivity index (χ2n) is 10.1. The molecule has 0 unspecified atom stereocenters. The zero-order chi connectivity index (χ0) is 26.1. The third-order valence-electron chi connectivity index (χ3n) is 7.30. The second kappa shape index (κ2) is 10.8. The molecular formula is C30H32N4O3S. The Balaban J connectivity index is 1.04. The van der Waals surface area contributed by atoms with Gasteiger partial charge >= 0.3 is 0 Å². The monoisotopic (exact) mass is 528 g/mol. The predicted molar refractivity (Wildman–Crippen MR) is 152 cm³/mol. The molecule has 1 aliphatic rings. The molecule has 1 N–H and O–H groups in total. The van der Waals surface area contributed by atoms with Gasteiger partial charge in [0, 0.05) is 50.4 Å². The molecule has 3 aromatic carbocycles. The van der Waals surface area contributed by atoms with Gasteiger partial charge in [-0.2, -0.15) is 0 Å². The van der Waals surface area contributed by atoms with E-state index in [0.29, 0.717) is 12.6 Å². The van der Waals surface area contributed by atoms with Gasteiger partial charge in [0.1, 0.15) is 30.4 Å². The number of aromatic nitrogens is 2. The van der Waals surface area contributed by atoms with Crippen molar-refractivity contribution >= 4 is 32.3 Å². The van der Waals surface area contributed by atoms with Crippen molar-refractivity contribution in [1.29, 1.82) is 0 Å². The quantitative estimate of drug-likeness (QED) is 0.291. The van der Waals surface area contributed by atoms with Gasteiger partial charge in [-0.1, -0.05) is 47.6 Å². The Morgan fingerprint density at radius 1 is 1.11 bits per heavy atom. The SMILES string of the molecule is Cc1nc2cc(OC[C@@H](O)CN3CCN(Cc4nocc4-c4cccc5ccccc45)[C@@H](C)C3)ccc2s1. The van der Waals surface area contributed by atoms with Crippen molar-refractivity contribution in [2.45, 2.75) is 32.5 Å². The lowest BCUT2D eigenvalue weighted by molar-refractivity contribution is 0.0250. The second-order valence-corrected chi connectivity index (χ2v) is 11.3. The van der Waals surface area contributed by atoms with E-state index < -0.39 is 6.10 Å². The number of fused-ring (bicyclic) bond motifs is 2. The Morgan fingerprint density at radius 2 is 1.97 bits per heavy atom. The molecule has 5 aromatic rings. The summed E-state index contributed by atoms with van der Waals surface area (Å²) in [6.45, 7) is 8.47. The van der Waals surface area contributed by atoms with E-state index in [4.69, 9.17) is 9.26 Å². The van der Waals surface area contributed by atoms with Crippen LogP contribution in [0.3, 0.4) is 0 Å². The van der Waals surface area contributed by atoms with Crippen LogP contribution in [0.1, 0.15) is 17.6 Å². The maximum atomic E-state index is 10.7. The summed E-state index contributed by atoms with van der Waals surface area (Å²) in [6, 6.07) is 21.0. The summed E-state index contributed by atoms with van der Waals surface area (Å²) in [6.07, 6.45) is 1.21. The van der Waals surface area contributed by atoms with E-state index in [2.05, 4.69) is 69.3 Å². The Labute approximate surface area is 226 Å². The number of aliphatic hydroxyl groups excluding tert-OH is 1. The fourth-order valence-corrected chi connectivity index (χ4v) is 6.18. The van der Waals surface area contributed by atoms with Gasteiger partial charge in [0.25, 0.3) is 0 Å². The molecule has 1 aliphatic heterocycles. The zero-order valence-corrected chi connectivity index (χ0v) is 22.5. The topological polar surface area (TPSA) is 74.9 Å². The Morgan fingerprint density at radius 3 is 2.87 bits per heavy atom. The number of rotatable bonds is 8.